The Labute approximate surface area is 153 Å². The molecule has 0 saturated carbocycles. The van der Waals surface area contributed by atoms with Gasteiger partial charge in [-0.2, -0.15) is 5.10 Å². The van der Waals surface area contributed by atoms with Gasteiger partial charge >= 0.3 is 0 Å². The van der Waals surface area contributed by atoms with E-state index in [2.05, 4.69) is 10.1 Å². The van der Waals surface area contributed by atoms with E-state index in [1.54, 1.807) is 0 Å². The molecule has 2 aromatic rings. The van der Waals surface area contributed by atoms with Crippen molar-refractivity contribution < 1.29 is 9.59 Å². The predicted molar refractivity (Wildman–Crippen MR) is 98.7 cm³/mol. The van der Waals surface area contributed by atoms with Crippen LogP contribution >= 0.6 is 0 Å². The van der Waals surface area contributed by atoms with E-state index in [9.17, 15) is 9.59 Å². The number of fused-ring (bicyclic) bond motifs is 1. The Bertz CT molecular complexity index is 842. The fraction of sp³-hybridized carbons (Fsp3) is 0.579. The molecule has 0 unspecified atom stereocenters. The summed E-state index contributed by atoms with van der Waals surface area (Å²) in [5.41, 5.74) is 10.2. The third-order valence-electron chi connectivity index (χ3n) is 5.26. The predicted octanol–water partition coefficient (Wildman–Crippen LogP) is 1.84. The molecule has 0 bridgehead atoms. The van der Waals surface area contributed by atoms with Crippen LogP contribution in [0.2, 0.25) is 0 Å². The van der Waals surface area contributed by atoms with Crippen molar-refractivity contribution in [1.82, 2.24) is 19.5 Å². The summed E-state index contributed by atoms with van der Waals surface area (Å²) in [6, 6.07) is 1.90. The second-order valence-corrected chi connectivity index (χ2v) is 7.22. The molecule has 0 spiro atoms. The van der Waals surface area contributed by atoms with Gasteiger partial charge in [0.15, 0.2) is 5.65 Å². The summed E-state index contributed by atoms with van der Waals surface area (Å²) in [7, 11) is 0. The number of amides is 2. The Morgan fingerprint density at radius 1 is 1.27 bits per heavy atom. The molecule has 7 nitrogen and oxygen atoms in total. The van der Waals surface area contributed by atoms with Crippen LogP contribution in [-0.2, 0) is 16.0 Å². The fourth-order valence-electron chi connectivity index (χ4n) is 3.95. The van der Waals surface area contributed by atoms with Gasteiger partial charge in [0.25, 0.3) is 0 Å². The molecule has 1 aliphatic rings. The minimum atomic E-state index is -0.343. The normalized spacial score (nSPS) is 17.7. The van der Waals surface area contributed by atoms with Crippen molar-refractivity contribution >= 4 is 17.5 Å². The monoisotopic (exact) mass is 357 g/mol. The first kappa shape index (κ1) is 18.4. The minimum Gasteiger partial charge on any atom is -0.370 e. The minimum absolute atomic E-state index is 0.0506. The molecule has 2 amide bonds. The largest absolute Gasteiger partial charge is 0.370 e. The van der Waals surface area contributed by atoms with Crippen molar-refractivity contribution in [2.24, 2.45) is 5.73 Å². The molecule has 0 aliphatic carbocycles. The molecule has 7 heteroatoms. The molecule has 140 valence electrons. The molecule has 1 saturated heterocycles. The van der Waals surface area contributed by atoms with Crippen LogP contribution in [0, 0.1) is 20.8 Å². The number of carbonyl (C=O) groups excluding carboxylic acids is 2. The van der Waals surface area contributed by atoms with E-state index in [4.69, 9.17) is 5.73 Å². The molecular formula is C19H27N5O2. The van der Waals surface area contributed by atoms with Crippen LogP contribution in [-0.4, -0.2) is 43.9 Å². The summed E-state index contributed by atoms with van der Waals surface area (Å²) in [4.78, 5) is 30.5. The lowest BCUT2D eigenvalue weighted by Gasteiger charge is -2.35. The zero-order chi connectivity index (χ0) is 18.8. The molecule has 3 rings (SSSR count). The summed E-state index contributed by atoms with van der Waals surface area (Å²) < 4.78 is 1.85. The van der Waals surface area contributed by atoms with Crippen LogP contribution in [0.4, 0.5) is 0 Å². The van der Waals surface area contributed by atoms with Gasteiger partial charge in [-0.15, -0.1) is 0 Å². The lowest BCUT2D eigenvalue weighted by molar-refractivity contribution is -0.135. The molecule has 1 aliphatic heterocycles. The number of rotatable bonds is 5. The number of aromatic nitrogens is 3. The van der Waals surface area contributed by atoms with E-state index in [1.165, 1.54) is 0 Å². The Kier molecular flexibility index (Phi) is 5.25. The second-order valence-electron chi connectivity index (χ2n) is 7.22. The number of nitrogens with zero attached hydrogens (tertiary/aromatic N) is 4. The van der Waals surface area contributed by atoms with Crippen LogP contribution in [0.1, 0.15) is 54.7 Å². The summed E-state index contributed by atoms with van der Waals surface area (Å²) in [6.45, 7) is 6.66. The fourth-order valence-corrected chi connectivity index (χ4v) is 3.95. The highest BCUT2D eigenvalue weighted by Gasteiger charge is 2.27. The number of carbonyl (C=O) groups is 2. The number of primary amides is 1. The van der Waals surface area contributed by atoms with Crippen LogP contribution < -0.4 is 5.73 Å². The first-order valence-corrected chi connectivity index (χ1v) is 9.27. The van der Waals surface area contributed by atoms with Gasteiger partial charge in [0.1, 0.15) is 0 Å². The maximum absolute atomic E-state index is 12.8. The van der Waals surface area contributed by atoms with E-state index in [-0.39, 0.29) is 24.3 Å². The standard InChI is InChI=1S/C19H27N5O2/c1-12-10-18-21-13(2)16(14(3)24(18)22-12)7-8-19(26)23-9-5-4-6-15(23)11-17(20)25/h10,15H,4-9,11H2,1-3H3,(H2,20,25)/t15-/m0/s1. The summed E-state index contributed by atoms with van der Waals surface area (Å²) in [5.74, 6) is -0.253. The average Bonchev–Trinajstić information content (AvgIpc) is 2.95. The average molecular weight is 357 g/mol. The smallest absolute Gasteiger partial charge is 0.223 e. The van der Waals surface area contributed by atoms with Gasteiger partial charge in [0.05, 0.1) is 5.69 Å². The van der Waals surface area contributed by atoms with Crippen molar-refractivity contribution in [3.63, 3.8) is 0 Å². The number of hydrogen-bond acceptors (Lipinski definition) is 4. The summed E-state index contributed by atoms with van der Waals surface area (Å²) in [5, 5.41) is 4.48. The Balaban J connectivity index is 1.74. The van der Waals surface area contributed by atoms with Gasteiger partial charge in [-0.25, -0.2) is 9.50 Å². The van der Waals surface area contributed by atoms with Crippen LogP contribution in [0.15, 0.2) is 6.07 Å². The van der Waals surface area contributed by atoms with Gasteiger partial charge in [-0.1, -0.05) is 0 Å². The number of piperidine rings is 1. The molecule has 2 N–H and O–H groups in total. The topological polar surface area (TPSA) is 93.6 Å². The third kappa shape index (κ3) is 3.71. The van der Waals surface area contributed by atoms with E-state index in [0.29, 0.717) is 19.4 Å². The maximum Gasteiger partial charge on any atom is 0.223 e. The van der Waals surface area contributed by atoms with E-state index in [0.717, 1.165) is 47.6 Å². The van der Waals surface area contributed by atoms with Crippen LogP contribution in [0.5, 0.6) is 0 Å². The second kappa shape index (κ2) is 7.43. The lowest BCUT2D eigenvalue weighted by Crippen LogP contribution is -2.45. The number of aryl methyl sites for hydroxylation is 3. The number of likely N-dealkylation sites (tertiary alicyclic amines) is 1. The van der Waals surface area contributed by atoms with Gasteiger partial charge < -0.3 is 10.6 Å². The molecule has 2 aromatic heterocycles. The van der Waals surface area contributed by atoms with Crippen molar-refractivity contribution in [3.8, 4) is 0 Å². The van der Waals surface area contributed by atoms with Crippen molar-refractivity contribution in [2.75, 3.05) is 6.54 Å². The quantitative estimate of drug-likeness (QED) is 0.883. The molecule has 0 radical (unpaired) electrons. The highest BCUT2D eigenvalue weighted by molar-refractivity contribution is 5.79. The lowest BCUT2D eigenvalue weighted by atomic mass is 9.97. The first-order valence-electron chi connectivity index (χ1n) is 9.27. The number of hydrogen-bond donors (Lipinski definition) is 1. The van der Waals surface area contributed by atoms with Gasteiger partial charge in [-0.3, -0.25) is 9.59 Å². The molecular weight excluding hydrogens is 330 g/mol. The van der Waals surface area contributed by atoms with Crippen molar-refractivity contribution in [3.05, 3.63) is 28.7 Å². The van der Waals surface area contributed by atoms with E-state index < -0.39 is 0 Å². The van der Waals surface area contributed by atoms with E-state index in [1.807, 2.05) is 36.3 Å². The molecule has 1 atom stereocenters. The zero-order valence-electron chi connectivity index (χ0n) is 15.8. The summed E-state index contributed by atoms with van der Waals surface area (Å²) >= 11 is 0. The van der Waals surface area contributed by atoms with Crippen molar-refractivity contribution in [1.29, 1.82) is 0 Å². The van der Waals surface area contributed by atoms with Gasteiger partial charge in [0, 0.05) is 42.9 Å². The summed E-state index contributed by atoms with van der Waals surface area (Å²) in [6.07, 6.45) is 4.16. The van der Waals surface area contributed by atoms with Crippen LogP contribution in [0.3, 0.4) is 0 Å². The van der Waals surface area contributed by atoms with Gasteiger partial charge in [0.2, 0.25) is 11.8 Å². The maximum atomic E-state index is 12.8. The first-order chi connectivity index (χ1) is 12.4. The molecule has 0 aromatic carbocycles. The zero-order valence-corrected chi connectivity index (χ0v) is 15.8. The number of nitrogens with two attached hydrogens (primary N) is 1. The molecule has 1 fully saturated rings. The Morgan fingerprint density at radius 3 is 2.77 bits per heavy atom. The Morgan fingerprint density at radius 2 is 2.04 bits per heavy atom. The van der Waals surface area contributed by atoms with Crippen LogP contribution in [0.25, 0.3) is 5.65 Å². The highest BCUT2D eigenvalue weighted by atomic mass is 16.2. The van der Waals surface area contributed by atoms with E-state index >= 15 is 0 Å². The Hall–Kier alpha value is -2.44. The van der Waals surface area contributed by atoms with Crippen molar-refractivity contribution in [2.45, 2.75) is 65.3 Å². The molecule has 3 heterocycles. The third-order valence-corrected chi connectivity index (χ3v) is 5.26. The SMILES string of the molecule is Cc1cc2nc(C)c(CCC(=O)N3CCCC[C@H]3CC(N)=O)c(C)n2n1. The highest BCUT2D eigenvalue weighted by Crippen LogP contribution is 2.22. The molecule has 26 heavy (non-hydrogen) atoms. The van der Waals surface area contributed by atoms with Gasteiger partial charge in [-0.05, 0) is 52.0 Å².